The first kappa shape index (κ1) is 23.0. The van der Waals surface area contributed by atoms with Crippen LogP contribution in [0.3, 0.4) is 0 Å². The van der Waals surface area contributed by atoms with Gasteiger partial charge in [-0.25, -0.2) is 0 Å². The predicted molar refractivity (Wildman–Crippen MR) is 112 cm³/mol. The highest BCUT2D eigenvalue weighted by atomic mass is 127. The third kappa shape index (κ3) is 7.70. The molecule has 0 bridgehead atoms. The summed E-state index contributed by atoms with van der Waals surface area (Å²) in [5, 5.41) is 6.65. The van der Waals surface area contributed by atoms with Gasteiger partial charge >= 0.3 is 0 Å². The molecular formula is C18H32IN3O2. The molecule has 2 N–H and O–H groups in total. The van der Waals surface area contributed by atoms with Gasteiger partial charge in [0.05, 0.1) is 13.2 Å². The third-order valence-corrected chi connectivity index (χ3v) is 3.81. The zero-order valence-electron chi connectivity index (χ0n) is 15.7. The molecule has 0 radical (unpaired) electrons. The number of hydrogen-bond donors (Lipinski definition) is 2. The Morgan fingerprint density at radius 1 is 1.17 bits per heavy atom. The summed E-state index contributed by atoms with van der Waals surface area (Å²) in [6.07, 6.45) is 0.993. The molecule has 0 aliphatic carbocycles. The number of para-hydroxylation sites is 1. The Kier molecular flexibility index (Phi) is 11.0. The fourth-order valence-corrected chi connectivity index (χ4v) is 2.38. The lowest BCUT2D eigenvalue weighted by atomic mass is 9.89. The summed E-state index contributed by atoms with van der Waals surface area (Å²) in [7, 11) is 5.22. The summed E-state index contributed by atoms with van der Waals surface area (Å²) in [5.74, 6) is 1.70. The van der Waals surface area contributed by atoms with Gasteiger partial charge in [-0.1, -0.05) is 39.0 Å². The number of guanidine groups is 1. The van der Waals surface area contributed by atoms with Crippen LogP contribution >= 0.6 is 24.0 Å². The molecule has 0 saturated heterocycles. The average Bonchev–Trinajstić information content (AvgIpc) is 2.52. The minimum atomic E-state index is 0. The first-order chi connectivity index (χ1) is 10.9. The summed E-state index contributed by atoms with van der Waals surface area (Å²) in [6.45, 7) is 8.00. The molecule has 1 aromatic carbocycles. The van der Waals surface area contributed by atoms with E-state index in [0.29, 0.717) is 6.54 Å². The summed E-state index contributed by atoms with van der Waals surface area (Å²) < 4.78 is 10.9. The van der Waals surface area contributed by atoms with Gasteiger partial charge in [-0.3, -0.25) is 4.99 Å². The van der Waals surface area contributed by atoms with Crippen LogP contribution in [0.2, 0.25) is 0 Å². The van der Waals surface area contributed by atoms with Crippen molar-refractivity contribution in [1.82, 2.24) is 10.6 Å². The normalized spacial score (nSPS) is 13.0. The minimum Gasteiger partial charge on any atom is -0.496 e. The van der Waals surface area contributed by atoms with Crippen molar-refractivity contribution >= 4 is 29.9 Å². The molecule has 1 rings (SSSR count). The van der Waals surface area contributed by atoms with Crippen LogP contribution < -0.4 is 15.4 Å². The van der Waals surface area contributed by atoms with Crippen molar-refractivity contribution in [3.8, 4) is 5.75 Å². The van der Waals surface area contributed by atoms with Crippen molar-refractivity contribution in [2.75, 3.05) is 34.4 Å². The smallest absolute Gasteiger partial charge is 0.191 e. The van der Waals surface area contributed by atoms with E-state index in [1.807, 2.05) is 18.2 Å². The first-order valence-electron chi connectivity index (χ1n) is 8.01. The lowest BCUT2D eigenvalue weighted by Gasteiger charge is -2.30. The van der Waals surface area contributed by atoms with Gasteiger partial charge in [0, 0.05) is 27.2 Å². The quantitative estimate of drug-likeness (QED) is 0.382. The van der Waals surface area contributed by atoms with E-state index in [1.165, 1.54) is 5.56 Å². The van der Waals surface area contributed by atoms with Gasteiger partial charge in [0.1, 0.15) is 5.75 Å². The molecule has 0 fully saturated rings. The van der Waals surface area contributed by atoms with Crippen molar-refractivity contribution in [1.29, 1.82) is 0 Å². The second-order valence-corrected chi connectivity index (χ2v) is 6.53. The Balaban J connectivity index is 0.00000529. The summed E-state index contributed by atoms with van der Waals surface area (Å²) >= 11 is 0. The van der Waals surface area contributed by atoms with Crippen molar-refractivity contribution in [2.45, 2.75) is 33.3 Å². The molecule has 0 amide bonds. The molecule has 0 aliphatic heterocycles. The van der Waals surface area contributed by atoms with E-state index >= 15 is 0 Å². The molecular weight excluding hydrogens is 417 g/mol. The summed E-state index contributed by atoms with van der Waals surface area (Å²) in [5.41, 5.74) is 1.26. The lowest BCUT2D eigenvalue weighted by molar-refractivity contribution is 0.0205. The van der Waals surface area contributed by atoms with Crippen LogP contribution in [-0.4, -0.2) is 46.4 Å². The number of halogens is 1. The number of nitrogens with zero attached hydrogens (tertiary/aromatic N) is 1. The second kappa shape index (κ2) is 11.5. The van der Waals surface area contributed by atoms with Crippen LogP contribution in [0.25, 0.3) is 0 Å². The lowest BCUT2D eigenvalue weighted by Crippen LogP contribution is -2.45. The first-order valence-corrected chi connectivity index (χ1v) is 8.01. The van der Waals surface area contributed by atoms with E-state index in [-0.39, 0.29) is 35.5 Å². The maximum Gasteiger partial charge on any atom is 0.191 e. The molecule has 0 spiro atoms. The van der Waals surface area contributed by atoms with Gasteiger partial charge < -0.3 is 20.1 Å². The van der Waals surface area contributed by atoms with Gasteiger partial charge in [-0.05, 0) is 23.5 Å². The highest BCUT2D eigenvalue weighted by Gasteiger charge is 2.24. The van der Waals surface area contributed by atoms with Crippen molar-refractivity contribution in [3.63, 3.8) is 0 Å². The zero-order valence-corrected chi connectivity index (χ0v) is 18.0. The van der Waals surface area contributed by atoms with Crippen LogP contribution in [-0.2, 0) is 11.2 Å². The predicted octanol–water partition coefficient (Wildman–Crippen LogP) is 3.08. The van der Waals surface area contributed by atoms with Gasteiger partial charge in [-0.2, -0.15) is 0 Å². The molecule has 1 unspecified atom stereocenters. The zero-order chi connectivity index (χ0) is 17.3. The molecule has 6 heteroatoms. The molecule has 1 aromatic rings. The van der Waals surface area contributed by atoms with Crippen LogP contribution in [0, 0.1) is 5.41 Å². The number of ether oxygens (including phenoxy) is 2. The SMILES string of the molecule is CN=C(NCCc1ccccc1OC)NCC(OC)C(C)(C)C.I. The van der Waals surface area contributed by atoms with Crippen molar-refractivity contribution < 1.29 is 9.47 Å². The van der Waals surface area contributed by atoms with Crippen LogP contribution in [0.5, 0.6) is 5.75 Å². The average molecular weight is 449 g/mol. The minimum absolute atomic E-state index is 0. The van der Waals surface area contributed by atoms with Crippen LogP contribution in [0.4, 0.5) is 0 Å². The fraction of sp³-hybridized carbons (Fsp3) is 0.611. The number of benzene rings is 1. The highest BCUT2D eigenvalue weighted by Crippen LogP contribution is 2.21. The standard InChI is InChI=1S/C18H31N3O2.HI/c1-18(2,3)16(23-6)13-21-17(19-4)20-12-11-14-9-7-8-10-15(14)22-5;/h7-10,16H,11-13H2,1-6H3,(H2,19,20,21);1H. The maximum atomic E-state index is 5.55. The van der Waals surface area contributed by atoms with Crippen molar-refractivity contribution in [3.05, 3.63) is 29.8 Å². The molecule has 0 aromatic heterocycles. The molecule has 138 valence electrons. The number of rotatable bonds is 7. The molecule has 0 heterocycles. The largest absolute Gasteiger partial charge is 0.496 e. The Morgan fingerprint density at radius 3 is 2.38 bits per heavy atom. The Bertz CT molecular complexity index is 501. The third-order valence-electron chi connectivity index (χ3n) is 3.81. The summed E-state index contributed by atoms with van der Waals surface area (Å²) in [4.78, 5) is 4.26. The molecule has 1 atom stereocenters. The molecule has 24 heavy (non-hydrogen) atoms. The van der Waals surface area contributed by atoms with Gasteiger partial charge in [0.2, 0.25) is 0 Å². The molecule has 5 nitrogen and oxygen atoms in total. The Hall–Kier alpha value is -1.02. The van der Waals surface area contributed by atoms with E-state index in [0.717, 1.165) is 24.7 Å². The fourth-order valence-electron chi connectivity index (χ4n) is 2.38. The second-order valence-electron chi connectivity index (χ2n) is 6.53. The highest BCUT2D eigenvalue weighted by molar-refractivity contribution is 14.0. The van der Waals surface area contributed by atoms with E-state index in [4.69, 9.17) is 9.47 Å². The van der Waals surface area contributed by atoms with Gasteiger partial charge in [-0.15, -0.1) is 24.0 Å². The Labute approximate surface area is 163 Å². The van der Waals surface area contributed by atoms with E-state index < -0.39 is 0 Å². The van der Waals surface area contributed by atoms with E-state index in [1.54, 1.807) is 21.3 Å². The monoisotopic (exact) mass is 449 g/mol. The molecule has 0 saturated carbocycles. The Morgan fingerprint density at radius 2 is 1.83 bits per heavy atom. The number of aliphatic imine (C=N–C) groups is 1. The van der Waals surface area contributed by atoms with Gasteiger partial charge in [0.15, 0.2) is 5.96 Å². The van der Waals surface area contributed by atoms with E-state index in [2.05, 4.69) is 42.5 Å². The number of nitrogens with one attached hydrogen (secondary N) is 2. The topological polar surface area (TPSA) is 54.9 Å². The molecule has 0 aliphatic rings. The maximum absolute atomic E-state index is 5.55. The van der Waals surface area contributed by atoms with Crippen molar-refractivity contribution in [2.24, 2.45) is 10.4 Å². The van der Waals surface area contributed by atoms with E-state index in [9.17, 15) is 0 Å². The number of hydrogen-bond acceptors (Lipinski definition) is 3. The number of methoxy groups -OCH3 is 2. The van der Waals surface area contributed by atoms with Crippen LogP contribution in [0.1, 0.15) is 26.3 Å². The van der Waals surface area contributed by atoms with Crippen LogP contribution in [0.15, 0.2) is 29.3 Å². The van der Waals surface area contributed by atoms with Gasteiger partial charge in [0.25, 0.3) is 0 Å². The summed E-state index contributed by atoms with van der Waals surface area (Å²) in [6, 6.07) is 8.07.